The van der Waals surface area contributed by atoms with E-state index in [1.165, 1.54) is 0 Å². The fourth-order valence-corrected chi connectivity index (χ4v) is 2.55. The van der Waals surface area contributed by atoms with Crippen LogP contribution in [0.1, 0.15) is 27.2 Å². The molecular formula is C16H28O3Si. The lowest BCUT2D eigenvalue weighted by atomic mass is 10.2. The summed E-state index contributed by atoms with van der Waals surface area (Å²) in [4.78, 5) is 0. The van der Waals surface area contributed by atoms with E-state index in [1.54, 1.807) is 7.11 Å². The van der Waals surface area contributed by atoms with Gasteiger partial charge in [-0.05, 0) is 42.4 Å². The van der Waals surface area contributed by atoms with Crippen molar-refractivity contribution in [3.63, 3.8) is 0 Å². The average molecular weight is 296 g/mol. The van der Waals surface area contributed by atoms with Gasteiger partial charge in [0, 0.05) is 13.0 Å². The van der Waals surface area contributed by atoms with Crippen LogP contribution >= 0.6 is 0 Å². The Morgan fingerprint density at radius 3 is 2.00 bits per heavy atom. The van der Waals surface area contributed by atoms with Crippen molar-refractivity contribution in [3.8, 4) is 11.5 Å². The van der Waals surface area contributed by atoms with E-state index in [0.29, 0.717) is 6.61 Å². The van der Waals surface area contributed by atoms with Gasteiger partial charge in [-0.25, -0.2) is 0 Å². The van der Waals surface area contributed by atoms with Gasteiger partial charge in [0.15, 0.2) is 8.32 Å². The summed E-state index contributed by atoms with van der Waals surface area (Å²) >= 11 is 0. The van der Waals surface area contributed by atoms with Gasteiger partial charge in [0.1, 0.15) is 11.5 Å². The molecule has 0 fully saturated rings. The number of methoxy groups -OCH3 is 1. The van der Waals surface area contributed by atoms with Gasteiger partial charge in [-0.1, -0.05) is 20.8 Å². The minimum Gasteiger partial charge on any atom is -0.497 e. The molecule has 0 spiro atoms. The molecule has 1 aromatic carbocycles. The highest BCUT2D eigenvalue weighted by Crippen LogP contribution is 2.36. The van der Waals surface area contributed by atoms with Crippen molar-refractivity contribution in [2.75, 3.05) is 20.3 Å². The SMILES string of the molecule is COc1ccc(OCCCO[Si](C)(C)C(C)(C)C)cc1. The first-order valence-electron chi connectivity index (χ1n) is 7.17. The summed E-state index contributed by atoms with van der Waals surface area (Å²) in [7, 11) is 0.0421. The topological polar surface area (TPSA) is 27.7 Å². The number of hydrogen-bond acceptors (Lipinski definition) is 3. The second-order valence-corrected chi connectivity index (χ2v) is 11.3. The first kappa shape index (κ1) is 17.0. The molecular weight excluding hydrogens is 268 g/mol. The highest BCUT2D eigenvalue weighted by Gasteiger charge is 2.36. The fraction of sp³-hybridized carbons (Fsp3) is 0.625. The van der Waals surface area contributed by atoms with Crippen molar-refractivity contribution >= 4 is 8.32 Å². The molecule has 4 heteroatoms. The monoisotopic (exact) mass is 296 g/mol. The molecule has 0 radical (unpaired) electrons. The lowest BCUT2D eigenvalue weighted by Gasteiger charge is -2.36. The molecule has 0 unspecified atom stereocenters. The van der Waals surface area contributed by atoms with Crippen LogP contribution < -0.4 is 9.47 Å². The van der Waals surface area contributed by atoms with E-state index in [9.17, 15) is 0 Å². The molecule has 0 atom stereocenters. The van der Waals surface area contributed by atoms with Gasteiger partial charge >= 0.3 is 0 Å². The van der Waals surface area contributed by atoms with Crippen LogP contribution in [0.3, 0.4) is 0 Å². The Morgan fingerprint density at radius 1 is 0.950 bits per heavy atom. The van der Waals surface area contributed by atoms with E-state index < -0.39 is 8.32 Å². The zero-order valence-corrected chi connectivity index (χ0v) is 14.7. The predicted octanol–water partition coefficient (Wildman–Crippen LogP) is 4.49. The fourth-order valence-electron chi connectivity index (χ4n) is 1.46. The molecule has 3 nitrogen and oxygen atoms in total. The third kappa shape index (κ3) is 5.17. The van der Waals surface area contributed by atoms with Crippen molar-refractivity contribution in [2.24, 2.45) is 0 Å². The standard InChI is InChI=1S/C16H28O3Si/c1-16(2,3)20(5,6)19-13-7-12-18-15-10-8-14(17-4)9-11-15/h8-11H,7,12-13H2,1-6H3. The minimum atomic E-state index is -1.62. The summed E-state index contributed by atoms with van der Waals surface area (Å²) in [6.45, 7) is 12.8. The van der Waals surface area contributed by atoms with E-state index in [4.69, 9.17) is 13.9 Å². The van der Waals surface area contributed by atoms with Gasteiger partial charge in [0.2, 0.25) is 0 Å². The molecule has 0 aromatic heterocycles. The molecule has 1 rings (SSSR count). The summed E-state index contributed by atoms with van der Waals surface area (Å²) in [5.41, 5.74) is 0. The Morgan fingerprint density at radius 2 is 1.50 bits per heavy atom. The molecule has 1 aromatic rings. The summed E-state index contributed by atoms with van der Waals surface area (Å²) < 4.78 is 16.9. The maximum Gasteiger partial charge on any atom is 0.191 e. The second-order valence-electron chi connectivity index (χ2n) is 6.49. The third-order valence-electron chi connectivity index (χ3n) is 3.89. The largest absolute Gasteiger partial charge is 0.497 e. The van der Waals surface area contributed by atoms with Crippen LogP contribution in [0.5, 0.6) is 11.5 Å². The Balaban J connectivity index is 2.25. The number of rotatable bonds is 7. The second kappa shape index (κ2) is 7.13. The van der Waals surface area contributed by atoms with Crippen molar-refractivity contribution in [3.05, 3.63) is 24.3 Å². The van der Waals surface area contributed by atoms with Crippen LogP contribution in [0.4, 0.5) is 0 Å². The van der Waals surface area contributed by atoms with E-state index in [0.717, 1.165) is 24.5 Å². The van der Waals surface area contributed by atoms with Crippen LogP contribution in [0.25, 0.3) is 0 Å². The van der Waals surface area contributed by atoms with Crippen LogP contribution in [0.15, 0.2) is 24.3 Å². The summed E-state index contributed by atoms with van der Waals surface area (Å²) in [6.07, 6.45) is 0.915. The molecule has 114 valence electrons. The normalized spacial score (nSPS) is 12.3. The van der Waals surface area contributed by atoms with Crippen LogP contribution in [-0.2, 0) is 4.43 Å². The van der Waals surface area contributed by atoms with Crippen molar-refractivity contribution < 1.29 is 13.9 Å². The first-order chi connectivity index (χ1) is 9.26. The van der Waals surface area contributed by atoms with Gasteiger partial charge in [-0.2, -0.15) is 0 Å². The van der Waals surface area contributed by atoms with Crippen molar-refractivity contribution in [2.45, 2.75) is 45.3 Å². The first-order valence-corrected chi connectivity index (χ1v) is 10.1. The maximum atomic E-state index is 6.11. The quantitative estimate of drug-likeness (QED) is 0.548. The van der Waals surface area contributed by atoms with Crippen LogP contribution in [0.2, 0.25) is 18.1 Å². The van der Waals surface area contributed by atoms with Crippen molar-refractivity contribution in [1.29, 1.82) is 0 Å². The van der Waals surface area contributed by atoms with E-state index >= 15 is 0 Å². The summed E-state index contributed by atoms with van der Waals surface area (Å²) in [5, 5.41) is 0.268. The number of hydrogen-bond donors (Lipinski definition) is 0. The van der Waals surface area contributed by atoms with Gasteiger partial charge < -0.3 is 13.9 Å². The smallest absolute Gasteiger partial charge is 0.191 e. The molecule has 0 aliphatic carbocycles. The van der Waals surface area contributed by atoms with Gasteiger partial charge in [0.25, 0.3) is 0 Å². The predicted molar refractivity (Wildman–Crippen MR) is 86.3 cm³/mol. The van der Waals surface area contributed by atoms with Gasteiger partial charge in [0.05, 0.1) is 13.7 Å². The minimum absolute atomic E-state index is 0.268. The zero-order valence-electron chi connectivity index (χ0n) is 13.7. The van der Waals surface area contributed by atoms with Crippen LogP contribution in [-0.4, -0.2) is 28.6 Å². The van der Waals surface area contributed by atoms with Gasteiger partial charge in [-0.3, -0.25) is 0 Å². The number of ether oxygens (including phenoxy) is 2. The molecule has 0 bridgehead atoms. The number of benzene rings is 1. The molecule has 0 aliphatic rings. The van der Waals surface area contributed by atoms with E-state index in [1.807, 2.05) is 24.3 Å². The Bertz CT molecular complexity index is 393. The van der Waals surface area contributed by atoms with E-state index in [2.05, 4.69) is 33.9 Å². The Labute approximate surface area is 124 Å². The van der Waals surface area contributed by atoms with Gasteiger partial charge in [-0.15, -0.1) is 0 Å². The summed E-state index contributed by atoms with van der Waals surface area (Å²) in [5.74, 6) is 1.72. The highest BCUT2D eigenvalue weighted by molar-refractivity contribution is 6.74. The molecule has 0 aliphatic heterocycles. The van der Waals surface area contributed by atoms with Crippen LogP contribution in [0, 0.1) is 0 Å². The summed E-state index contributed by atoms with van der Waals surface area (Å²) in [6, 6.07) is 7.66. The lowest BCUT2D eigenvalue weighted by Crippen LogP contribution is -2.41. The Kier molecular flexibility index (Phi) is 6.08. The zero-order chi connectivity index (χ0) is 15.2. The van der Waals surface area contributed by atoms with Crippen molar-refractivity contribution in [1.82, 2.24) is 0 Å². The van der Waals surface area contributed by atoms with E-state index in [-0.39, 0.29) is 5.04 Å². The lowest BCUT2D eigenvalue weighted by molar-refractivity contribution is 0.233. The highest BCUT2D eigenvalue weighted by atomic mass is 28.4. The molecule has 20 heavy (non-hydrogen) atoms. The molecule has 0 saturated heterocycles. The molecule has 0 N–H and O–H groups in total. The molecule has 0 heterocycles. The molecule has 0 saturated carbocycles. The Hall–Kier alpha value is -1.00. The maximum absolute atomic E-state index is 6.11. The average Bonchev–Trinajstić information content (AvgIpc) is 2.37. The molecule has 0 amide bonds. The third-order valence-corrected chi connectivity index (χ3v) is 8.42.